The van der Waals surface area contributed by atoms with Crippen LogP contribution in [-0.4, -0.2) is 41.7 Å². The summed E-state index contributed by atoms with van der Waals surface area (Å²) in [6, 6.07) is 0. The van der Waals surface area contributed by atoms with Crippen LogP contribution in [0.15, 0.2) is 10.6 Å². The van der Waals surface area contributed by atoms with Crippen molar-refractivity contribution in [3.05, 3.63) is 10.6 Å². The Morgan fingerprint density at radius 2 is 1.62 bits per heavy atom. The zero-order valence-electron chi connectivity index (χ0n) is 10.7. The number of carboxylic acids is 1. The number of hydrogen-bond donors (Lipinski definition) is 1. The second-order valence-corrected chi connectivity index (χ2v) is 4.56. The van der Waals surface area contributed by atoms with Gasteiger partial charge in [-0.1, -0.05) is 11.6 Å². The number of aliphatic carboxylic acids is 1. The first-order valence-electron chi connectivity index (χ1n) is 5.86. The van der Waals surface area contributed by atoms with E-state index < -0.39 is 5.97 Å². The normalized spacial score (nSPS) is 13.6. The molecule has 0 saturated carbocycles. The van der Waals surface area contributed by atoms with E-state index >= 15 is 0 Å². The van der Waals surface area contributed by atoms with E-state index in [1.165, 1.54) is 0 Å². The first-order valence-corrected chi connectivity index (χ1v) is 6.23. The maximum atomic E-state index is 10.7. The summed E-state index contributed by atoms with van der Waals surface area (Å²) >= 11 is 5.99. The lowest BCUT2D eigenvalue weighted by Gasteiger charge is -2.35. The number of rotatable bonds is 7. The van der Waals surface area contributed by atoms with E-state index in [4.69, 9.17) is 16.7 Å². The van der Waals surface area contributed by atoms with Gasteiger partial charge in [0.15, 0.2) is 0 Å². The summed E-state index contributed by atoms with van der Waals surface area (Å²) in [4.78, 5) is 10.7. The Morgan fingerprint density at radius 1 is 1.19 bits per heavy atom. The molecule has 94 valence electrons. The number of carboxylic acid groups (broad SMARTS) is 1. The van der Waals surface area contributed by atoms with Crippen molar-refractivity contribution in [1.29, 1.82) is 0 Å². The third-order valence-corrected chi connectivity index (χ3v) is 4.02. The molecular weight excluding hydrogens is 226 g/mol. The Bertz CT molecular complexity index is 262. The van der Waals surface area contributed by atoms with Crippen LogP contribution in [0.25, 0.3) is 0 Å². The molecule has 0 unspecified atom stereocenters. The Balaban J connectivity index is 4.54. The van der Waals surface area contributed by atoms with Gasteiger partial charge in [0.05, 0.1) is 26.2 Å². The second kappa shape index (κ2) is 6.92. The third kappa shape index (κ3) is 4.14. The monoisotopic (exact) mass is 248 g/mol. The molecule has 4 heteroatoms. The van der Waals surface area contributed by atoms with E-state index in [1.807, 2.05) is 0 Å². The number of hydrogen-bond acceptors (Lipinski definition) is 1. The molecule has 0 aromatic carbocycles. The van der Waals surface area contributed by atoms with Gasteiger partial charge < -0.3 is 9.59 Å². The van der Waals surface area contributed by atoms with Gasteiger partial charge in [-0.15, -0.1) is 0 Å². The summed E-state index contributed by atoms with van der Waals surface area (Å²) in [6.07, 6.45) is 0.648. The van der Waals surface area contributed by atoms with Crippen molar-refractivity contribution in [3.63, 3.8) is 0 Å². The van der Waals surface area contributed by atoms with Crippen LogP contribution in [0.3, 0.4) is 0 Å². The highest BCUT2D eigenvalue weighted by atomic mass is 35.5. The molecule has 0 amide bonds. The van der Waals surface area contributed by atoms with Crippen LogP contribution >= 0.6 is 11.6 Å². The van der Waals surface area contributed by atoms with Crippen molar-refractivity contribution in [2.24, 2.45) is 0 Å². The molecule has 16 heavy (non-hydrogen) atoms. The molecule has 0 atom stereocenters. The van der Waals surface area contributed by atoms with E-state index in [1.54, 1.807) is 6.92 Å². The zero-order valence-corrected chi connectivity index (χ0v) is 11.5. The van der Waals surface area contributed by atoms with Crippen LogP contribution in [0.1, 0.15) is 34.1 Å². The zero-order chi connectivity index (χ0) is 12.8. The second-order valence-electron chi connectivity index (χ2n) is 4.10. The van der Waals surface area contributed by atoms with E-state index in [0.29, 0.717) is 11.5 Å². The SMILES string of the molecule is CC[N+](CC)(CC)CCC(Cl)=C(C)C(=O)O. The molecule has 0 aromatic heterocycles. The quantitative estimate of drug-likeness (QED) is 0.556. The summed E-state index contributed by atoms with van der Waals surface area (Å²) in [6.45, 7) is 12.1. The highest BCUT2D eigenvalue weighted by molar-refractivity contribution is 6.31. The predicted octanol–water partition coefficient (Wildman–Crippen LogP) is 2.85. The number of nitrogens with zero attached hydrogens (tertiary/aromatic N) is 1. The Morgan fingerprint density at radius 3 is 1.94 bits per heavy atom. The van der Waals surface area contributed by atoms with Gasteiger partial charge in [-0.2, -0.15) is 0 Å². The van der Waals surface area contributed by atoms with Gasteiger partial charge >= 0.3 is 5.97 Å². The van der Waals surface area contributed by atoms with Crippen molar-refractivity contribution >= 4 is 17.6 Å². The molecule has 1 N–H and O–H groups in total. The Hall–Kier alpha value is -0.540. The van der Waals surface area contributed by atoms with Gasteiger partial charge in [-0.3, -0.25) is 0 Å². The van der Waals surface area contributed by atoms with Gasteiger partial charge in [-0.05, 0) is 27.7 Å². The van der Waals surface area contributed by atoms with Gasteiger partial charge in [0, 0.05) is 17.0 Å². The highest BCUT2D eigenvalue weighted by Crippen LogP contribution is 2.17. The van der Waals surface area contributed by atoms with Crippen LogP contribution in [0.2, 0.25) is 0 Å². The first kappa shape index (κ1) is 15.5. The standard InChI is InChI=1S/C12H22ClNO2/c1-5-14(6-2,7-3)9-8-11(13)10(4)12(15)16/h5-9H2,1-4H3/p+1. The van der Waals surface area contributed by atoms with Crippen molar-refractivity contribution in [2.45, 2.75) is 34.1 Å². The molecule has 0 aromatic rings. The molecule has 0 bridgehead atoms. The lowest BCUT2D eigenvalue weighted by molar-refractivity contribution is -0.922. The van der Waals surface area contributed by atoms with E-state index in [-0.39, 0.29) is 5.57 Å². The molecule has 0 saturated heterocycles. The van der Waals surface area contributed by atoms with Crippen LogP contribution in [-0.2, 0) is 4.79 Å². The molecule has 0 radical (unpaired) electrons. The molecular formula is C12H23ClNO2+. The summed E-state index contributed by atoms with van der Waals surface area (Å²) in [5.41, 5.74) is 0.267. The van der Waals surface area contributed by atoms with Crippen molar-refractivity contribution in [3.8, 4) is 0 Å². The van der Waals surface area contributed by atoms with E-state index in [9.17, 15) is 4.79 Å². The largest absolute Gasteiger partial charge is 0.478 e. The molecule has 0 aliphatic carbocycles. The maximum absolute atomic E-state index is 10.7. The summed E-state index contributed by atoms with van der Waals surface area (Å²) in [5, 5.41) is 9.28. The fourth-order valence-electron chi connectivity index (χ4n) is 1.78. The lowest BCUT2D eigenvalue weighted by Crippen LogP contribution is -2.48. The van der Waals surface area contributed by atoms with Gasteiger partial charge in [-0.25, -0.2) is 4.79 Å². The molecule has 3 nitrogen and oxygen atoms in total. The fourth-order valence-corrected chi connectivity index (χ4v) is 1.95. The maximum Gasteiger partial charge on any atom is 0.332 e. The minimum Gasteiger partial charge on any atom is -0.478 e. The van der Waals surface area contributed by atoms with E-state index in [2.05, 4.69) is 20.8 Å². The Kier molecular flexibility index (Phi) is 6.68. The molecule has 0 rings (SSSR count). The van der Waals surface area contributed by atoms with Crippen LogP contribution in [0, 0.1) is 0 Å². The summed E-state index contributed by atoms with van der Waals surface area (Å²) in [7, 11) is 0. The minimum atomic E-state index is -0.924. The average Bonchev–Trinajstić information content (AvgIpc) is 2.30. The van der Waals surface area contributed by atoms with Crippen molar-refractivity contribution in [1.82, 2.24) is 0 Å². The molecule has 0 fully saturated rings. The molecule has 0 aliphatic heterocycles. The number of quaternary nitrogens is 1. The van der Waals surface area contributed by atoms with Crippen LogP contribution in [0.4, 0.5) is 0 Å². The lowest BCUT2D eigenvalue weighted by atomic mass is 10.2. The fraction of sp³-hybridized carbons (Fsp3) is 0.750. The van der Waals surface area contributed by atoms with Gasteiger partial charge in [0.25, 0.3) is 0 Å². The predicted molar refractivity (Wildman–Crippen MR) is 67.6 cm³/mol. The average molecular weight is 249 g/mol. The summed E-state index contributed by atoms with van der Waals surface area (Å²) < 4.78 is 0.989. The molecule has 0 aliphatic rings. The highest BCUT2D eigenvalue weighted by Gasteiger charge is 2.21. The Labute approximate surface area is 103 Å². The minimum absolute atomic E-state index is 0.267. The molecule has 0 spiro atoms. The topological polar surface area (TPSA) is 37.3 Å². The van der Waals surface area contributed by atoms with Crippen LogP contribution in [0.5, 0.6) is 0 Å². The smallest absolute Gasteiger partial charge is 0.332 e. The van der Waals surface area contributed by atoms with Gasteiger partial charge in [0.1, 0.15) is 0 Å². The number of carbonyl (C=O) groups is 1. The third-order valence-electron chi connectivity index (χ3n) is 3.55. The molecule has 0 heterocycles. The van der Waals surface area contributed by atoms with Crippen LogP contribution < -0.4 is 0 Å². The first-order chi connectivity index (χ1) is 7.42. The van der Waals surface area contributed by atoms with Crippen molar-refractivity contribution < 1.29 is 14.4 Å². The van der Waals surface area contributed by atoms with E-state index in [0.717, 1.165) is 30.7 Å². The van der Waals surface area contributed by atoms with Crippen molar-refractivity contribution in [2.75, 3.05) is 26.2 Å². The van der Waals surface area contributed by atoms with Gasteiger partial charge in [0.2, 0.25) is 0 Å². The number of halogens is 1. The summed E-state index contributed by atoms with van der Waals surface area (Å²) in [5.74, 6) is -0.924.